The number of aromatic amines is 1. The molecule has 0 atom stereocenters. The molecule has 0 spiro atoms. The van der Waals surface area contributed by atoms with Crippen molar-refractivity contribution in [2.75, 3.05) is 10.6 Å². The van der Waals surface area contributed by atoms with Crippen LogP contribution in [-0.4, -0.2) is 26.8 Å². The van der Waals surface area contributed by atoms with Gasteiger partial charge < -0.3 is 15.4 Å². The molecule has 2 aromatic heterocycles. The van der Waals surface area contributed by atoms with E-state index in [4.69, 9.17) is 11.6 Å². The lowest BCUT2D eigenvalue weighted by Gasteiger charge is -2.11. The van der Waals surface area contributed by atoms with Gasteiger partial charge in [0.15, 0.2) is 5.82 Å². The minimum atomic E-state index is -2.99. The average Bonchev–Trinajstić information content (AvgIpc) is 3.10. The van der Waals surface area contributed by atoms with E-state index in [1.807, 2.05) is 0 Å². The molecule has 0 aliphatic rings. The van der Waals surface area contributed by atoms with Gasteiger partial charge in [-0.25, -0.2) is 9.37 Å². The SMILES string of the molecule is Fc1ccc(OC(F)F)cc1CNc1nc(Nc2cn[nH]c2)ncc1Cl. The van der Waals surface area contributed by atoms with E-state index < -0.39 is 12.4 Å². The van der Waals surface area contributed by atoms with Crippen LogP contribution in [0.1, 0.15) is 5.56 Å². The molecule has 0 aliphatic carbocycles. The molecule has 0 fully saturated rings. The smallest absolute Gasteiger partial charge is 0.387 e. The number of halogens is 4. The first-order valence-corrected chi connectivity index (χ1v) is 7.64. The first-order chi connectivity index (χ1) is 12.5. The van der Waals surface area contributed by atoms with E-state index in [9.17, 15) is 13.2 Å². The van der Waals surface area contributed by atoms with Gasteiger partial charge in [0.2, 0.25) is 5.95 Å². The molecule has 0 radical (unpaired) electrons. The van der Waals surface area contributed by atoms with Crippen LogP contribution in [0.15, 0.2) is 36.8 Å². The summed E-state index contributed by atoms with van der Waals surface area (Å²) in [7, 11) is 0. The second-order valence-corrected chi connectivity index (χ2v) is 5.39. The van der Waals surface area contributed by atoms with E-state index in [-0.39, 0.29) is 34.6 Å². The van der Waals surface area contributed by atoms with Crippen LogP contribution in [0.3, 0.4) is 0 Å². The van der Waals surface area contributed by atoms with E-state index in [0.717, 1.165) is 12.1 Å². The first kappa shape index (κ1) is 17.8. The molecule has 3 aromatic rings. The number of hydrogen-bond acceptors (Lipinski definition) is 6. The summed E-state index contributed by atoms with van der Waals surface area (Å²) in [6.07, 6.45) is 4.51. The van der Waals surface area contributed by atoms with E-state index in [2.05, 4.69) is 35.5 Å². The van der Waals surface area contributed by atoms with Gasteiger partial charge in [0, 0.05) is 18.3 Å². The molecule has 0 amide bonds. The Morgan fingerprint density at radius 3 is 2.85 bits per heavy atom. The predicted octanol–water partition coefficient (Wildman–Crippen LogP) is 3.95. The molecule has 0 aliphatic heterocycles. The zero-order chi connectivity index (χ0) is 18.5. The van der Waals surface area contributed by atoms with Crippen LogP contribution in [0.5, 0.6) is 5.75 Å². The third kappa shape index (κ3) is 4.54. The number of hydrogen-bond donors (Lipinski definition) is 3. The van der Waals surface area contributed by atoms with Crippen molar-refractivity contribution in [2.45, 2.75) is 13.2 Å². The number of H-pyrrole nitrogens is 1. The van der Waals surface area contributed by atoms with Crippen LogP contribution >= 0.6 is 11.6 Å². The maximum atomic E-state index is 13.9. The Labute approximate surface area is 150 Å². The number of benzene rings is 1. The highest BCUT2D eigenvalue weighted by Crippen LogP contribution is 2.24. The molecule has 11 heteroatoms. The Morgan fingerprint density at radius 1 is 1.27 bits per heavy atom. The average molecular weight is 385 g/mol. The molecule has 136 valence electrons. The number of rotatable bonds is 7. The second kappa shape index (κ2) is 7.91. The van der Waals surface area contributed by atoms with Gasteiger partial charge in [-0.2, -0.15) is 18.9 Å². The lowest BCUT2D eigenvalue weighted by molar-refractivity contribution is -0.0499. The van der Waals surface area contributed by atoms with Crippen LogP contribution in [0, 0.1) is 5.82 Å². The lowest BCUT2D eigenvalue weighted by Crippen LogP contribution is -2.07. The summed E-state index contributed by atoms with van der Waals surface area (Å²) in [5.74, 6) is -0.240. The number of anilines is 3. The summed E-state index contributed by atoms with van der Waals surface area (Å²) < 4.78 is 42.7. The fourth-order valence-electron chi connectivity index (χ4n) is 2.04. The minimum Gasteiger partial charge on any atom is -0.435 e. The summed E-state index contributed by atoms with van der Waals surface area (Å²) >= 11 is 6.03. The standard InChI is InChI=1S/C15H12ClF3N6O/c16-11-7-21-15(24-9-5-22-23-6-9)25-13(11)20-4-8-3-10(26-14(18)19)1-2-12(8)17/h1-3,5-7,14H,4H2,(H,22,23)(H2,20,21,24,25). The topological polar surface area (TPSA) is 87.8 Å². The highest BCUT2D eigenvalue weighted by atomic mass is 35.5. The molecule has 0 saturated heterocycles. The zero-order valence-corrected chi connectivity index (χ0v) is 13.8. The quantitative estimate of drug-likeness (QED) is 0.571. The molecule has 3 N–H and O–H groups in total. The van der Waals surface area contributed by atoms with E-state index >= 15 is 0 Å². The molecule has 26 heavy (non-hydrogen) atoms. The zero-order valence-electron chi connectivity index (χ0n) is 13.0. The Morgan fingerprint density at radius 2 is 2.12 bits per heavy atom. The summed E-state index contributed by atoms with van der Waals surface area (Å²) in [6.45, 7) is -3.04. The van der Waals surface area contributed by atoms with Crippen molar-refractivity contribution in [2.24, 2.45) is 0 Å². The van der Waals surface area contributed by atoms with Gasteiger partial charge in [-0.15, -0.1) is 0 Å². The lowest BCUT2D eigenvalue weighted by atomic mass is 10.2. The minimum absolute atomic E-state index is 0.0475. The van der Waals surface area contributed by atoms with Crippen molar-refractivity contribution in [3.8, 4) is 5.75 Å². The highest BCUT2D eigenvalue weighted by molar-refractivity contribution is 6.32. The van der Waals surface area contributed by atoms with Crippen LogP contribution in [-0.2, 0) is 6.54 Å². The van der Waals surface area contributed by atoms with Gasteiger partial charge in [-0.1, -0.05) is 11.6 Å². The molecule has 7 nitrogen and oxygen atoms in total. The van der Waals surface area contributed by atoms with Crippen molar-refractivity contribution >= 4 is 29.1 Å². The first-order valence-electron chi connectivity index (χ1n) is 7.26. The Kier molecular flexibility index (Phi) is 5.42. The van der Waals surface area contributed by atoms with Crippen LogP contribution < -0.4 is 15.4 Å². The predicted molar refractivity (Wildman–Crippen MR) is 89.3 cm³/mol. The summed E-state index contributed by atoms with van der Waals surface area (Å²) in [5, 5.41) is 12.4. The molecule has 0 unspecified atom stereocenters. The van der Waals surface area contributed by atoms with Gasteiger partial charge in [-0.3, -0.25) is 5.10 Å². The summed E-state index contributed by atoms with van der Waals surface area (Å²) in [6, 6.07) is 3.34. The molecule has 2 heterocycles. The largest absolute Gasteiger partial charge is 0.435 e. The van der Waals surface area contributed by atoms with E-state index in [0.29, 0.717) is 5.69 Å². The Balaban J connectivity index is 1.73. The molecule has 3 rings (SSSR count). The normalized spacial score (nSPS) is 10.8. The van der Waals surface area contributed by atoms with Crippen molar-refractivity contribution in [3.63, 3.8) is 0 Å². The van der Waals surface area contributed by atoms with Crippen molar-refractivity contribution in [1.29, 1.82) is 0 Å². The Bertz CT molecular complexity index is 878. The number of ether oxygens (including phenoxy) is 1. The van der Waals surface area contributed by atoms with Crippen LogP contribution in [0.2, 0.25) is 5.02 Å². The van der Waals surface area contributed by atoms with Gasteiger partial charge >= 0.3 is 6.61 Å². The second-order valence-electron chi connectivity index (χ2n) is 4.99. The third-order valence-electron chi connectivity index (χ3n) is 3.19. The van der Waals surface area contributed by atoms with Gasteiger partial charge in [-0.05, 0) is 18.2 Å². The van der Waals surface area contributed by atoms with Gasteiger partial charge in [0.05, 0.1) is 18.1 Å². The maximum Gasteiger partial charge on any atom is 0.387 e. The van der Waals surface area contributed by atoms with Crippen molar-refractivity contribution in [3.05, 3.63) is 53.2 Å². The monoisotopic (exact) mass is 384 g/mol. The van der Waals surface area contributed by atoms with Crippen molar-refractivity contribution in [1.82, 2.24) is 20.2 Å². The maximum absolute atomic E-state index is 13.9. The molecule has 0 bridgehead atoms. The van der Waals surface area contributed by atoms with Crippen molar-refractivity contribution < 1.29 is 17.9 Å². The Hall–Kier alpha value is -3.01. The molecular weight excluding hydrogens is 373 g/mol. The number of aromatic nitrogens is 4. The van der Waals surface area contributed by atoms with Crippen LogP contribution in [0.4, 0.5) is 30.6 Å². The molecular formula is C15H12ClF3N6O. The third-order valence-corrected chi connectivity index (χ3v) is 3.46. The number of alkyl halides is 2. The van der Waals surface area contributed by atoms with E-state index in [1.165, 1.54) is 18.5 Å². The number of nitrogens with one attached hydrogen (secondary N) is 3. The van der Waals surface area contributed by atoms with Gasteiger partial charge in [0.1, 0.15) is 16.6 Å². The fraction of sp³-hybridized carbons (Fsp3) is 0.133. The summed E-state index contributed by atoms with van der Waals surface area (Å²) in [4.78, 5) is 8.20. The number of nitrogens with zero attached hydrogens (tertiary/aromatic N) is 3. The van der Waals surface area contributed by atoms with Gasteiger partial charge in [0.25, 0.3) is 0 Å². The molecule has 1 aromatic carbocycles. The summed E-state index contributed by atoms with van der Waals surface area (Å²) in [5.41, 5.74) is 0.753. The fourth-order valence-corrected chi connectivity index (χ4v) is 2.20. The highest BCUT2D eigenvalue weighted by Gasteiger charge is 2.11. The van der Waals surface area contributed by atoms with E-state index in [1.54, 1.807) is 6.20 Å². The van der Waals surface area contributed by atoms with Crippen LogP contribution in [0.25, 0.3) is 0 Å². The molecule has 0 saturated carbocycles.